The number of aliphatic hydroxyl groups excluding tert-OH is 1. The van der Waals surface area contributed by atoms with Crippen LogP contribution in [0.3, 0.4) is 0 Å². The fraction of sp³-hybridized carbons (Fsp3) is 0.731. The summed E-state index contributed by atoms with van der Waals surface area (Å²) in [6.45, 7) is 5.87. The summed E-state index contributed by atoms with van der Waals surface area (Å²) in [6.07, 6.45) is 7.65. The first-order valence-electron chi connectivity index (χ1n) is 12.8. The van der Waals surface area contributed by atoms with Crippen LogP contribution in [-0.2, 0) is 9.53 Å². The molecule has 1 aromatic heterocycles. The van der Waals surface area contributed by atoms with E-state index in [4.69, 9.17) is 9.47 Å². The minimum Gasteiger partial charge on any atom is -0.472 e. The largest absolute Gasteiger partial charge is 0.472 e. The molecule has 2 fully saturated rings. The Morgan fingerprint density at radius 3 is 2.65 bits per heavy atom. The highest BCUT2D eigenvalue weighted by atomic mass is 16.5. The fourth-order valence-corrected chi connectivity index (χ4v) is 5.43. The summed E-state index contributed by atoms with van der Waals surface area (Å²) in [5.74, 6) is 0.647. The maximum absolute atomic E-state index is 13.6. The molecule has 1 saturated carbocycles. The van der Waals surface area contributed by atoms with E-state index in [1.807, 2.05) is 33.2 Å². The summed E-state index contributed by atoms with van der Waals surface area (Å²) in [5, 5.41) is 9.85. The number of ether oxygens (including phenoxy) is 2. The molecule has 0 radical (unpaired) electrons. The maximum Gasteiger partial charge on any atom is 0.259 e. The summed E-state index contributed by atoms with van der Waals surface area (Å²) in [7, 11) is 1.82. The number of aromatic nitrogens is 1. The van der Waals surface area contributed by atoms with E-state index < -0.39 is 0 Å². The van der Waals surface area contributed by atoms with Gasteiger partial charge in [0, 0.05) is 44.8 Å². The molecular weight excluding hydrogens is 434 g/mol. The highest BCUT2D eigenvalue weighted by Gasteiger charge is 2.36. The van der Waals surface area contributed by atoms with E-state index in [0.717, 1.165) is 31.2 Å². The van der Waals surface area contributed by atoms with Gasteiger partial charge in [-0.3, -0.25) is 9.59 Å². The second-order valence-electron chi connectivity index (χ2n) is 10.3. The molecule has 0 spiro atoms. The molecule has 0 bridgehead atoms. The van der Waals surface area contributed by atoms with Crippen molar-refractivity contribution in [2.75, 3.05) is 40.0 Å². The standard InChI is InChI=1S/C26H39N3O5/c1-17-14-29(18(2)16-30)26(32)22-12-21(19-6-4-5-7-19)13-27-24(22)34-23(17)15-28(3)25(31)20-8-10-33-11-9-20/h12-13,17-20,23,30H,4-11,14-16H2,1-3H3/t17-,18+,23+/m0/s1. The lowest BCUT2D eigenvalue weighted by Crippen LogP contribution is -2.51. The van der Waals surface area contributed by atoms with Gasteiger partial charge in [-0.1, -0.05) is 19.8 Å². The van der Waals surface area contributed by atoms with Gasteiger partial charge < -0.3 is 24.4 Å². The average molecular weight is 474 g/mol. The van der Waals surface area contributed by atoms with Gasteiger partial charge in [-0.05, 0) is 50.2 Å². The predicted octanol–water partition coefficient (Wildman–Crippen LogP) is 2.84. The van der Waals surface area contributed by atoms with Crippen molar-refractivity contribution in [2.45, 2.75) is 70.4 Å². The summed E-state index contributed by atoms with van der Waals surface area (Å²) >= 11 is 0. The van der Waals surface area contributed by atoms with Gasteiger partial charge in [-0.25, -0.2) is 4.98 Å². The quantitative estimate of drug-likeness (QED) is 0.683. The van der Waals surface area contributed by atoms with E-state index in [1.165, 1.54) is 12.8 Å². The first kappa shape index (κ1) is 24.9. The summed E-state index contributed by atoms with van der Waals surface area (Å²) < 4.78 is 11.8. The first-order chi connectivity index (χ1) is 16.4. The van der Waals surface area contributed by atoms with Crippen molar-refractivity contribution < 1.29 is 24.2 Å². The Labute approximate surface area is 202 Å². The van der Waals surface area contributed by atoms with Crippen LogP contribution in [-0.4, -0.2) is 83.8 Å². The molecule has 8 heteroatoms. The van der Waals surface area contributed by atoms with Crippen LogP contribution in [0.15, 0.2) is 12.3 Å². The predicted molar refractivity (Wildman–Crippen MR) is 128 cm³/mol. The van der Waals surface area contributed by atoms with E-state index in [9.17, 15) is 14.7 Å². The van der Waals surface area contributed by atoms with Crippen molar-refractivity contribution >= 4 is 11.8 Å². The molecule has 1 aromatic rings. The van der Waals surface area contributed by atoms with Gasteiger partial charge in [0.25, 0.3) is 5.91 Å². The van der Waals surface area contributed by atoms with Gasteiger partial charge in [-0.15, -0.1) is 0 Å². The van der Waals surface area contributed by atoms with Gasteiger partial charge >= 0.3 is 0 Å². The van der Waals surface area contributed by atoms with E-state index in [0.29, 0.717) is 43.7 Å². The van der Waals surface area contributed by atoms with Crippen LogP contribution in [0.25, 0.3) is 0 Å². The van der Waals surface area contributed by atoms with Crippen LogP contribution < -0.4 is 4.74 Å². The number of rotatable bonds is 6. The molecule has 3 atom stereocenters. The zero-order valence-electron chi connectivity index (χ0n) is 20.7. The number of likely N-dealkylation sites (N-methyl/N-ethyl adjacent to an activating group) is 1. The third-order valence-corrected chi connectivity index (χ3v) is 7.77. The lowest BCUT2D eigenvalue weighted by atomic mass is 9.95. The van der Waals surface area contributed by atoms with Crippen molar-refractivity contribution in [1.29, 1.82) is 0 Å². The number of aliphatic hydroxyl groups is 1. The Balaban J connectivity index is 1.60. The number of hydrogen-bond acceptors (Lipinski definition) is 6. The highest BCUT2D eigenvalue weighted by Crippen LogP contribution is 2.36. The molecule has 8 nitrogen and oxygen atoms in total. The van der Waals surface area contributed by atoms with E-state index in [-0.39, 0.29) is 42.4 Å². The van der Waals surface area contributed by atoms with Crippen LogP contribution in [0.5, 0.6) is 5.88 Å². The lowest BCUT2D eigenvalue weighted by molar-refractivity contribution is -0.138. The zero-order valence-corrected chi connectivity index (χ0v) is 20.7. The molecule has 1 saturated heterocycles. The number of pyridine rings is 1. The van der Waals surface area contributed by atoms with Crippen LogP contribution in [0.4, 0.5) is 0 Å². The molecule has 4 rings (SSSR count). The second-order valence-corrected chi connectivity index (χ2v) is 10.3. The minimum absolute atomic E-state index is 0.0190. The van der Waals surface area contributed by atoms with Crippen LogP contribution in [0.1, 0.15) is 74.2 Å². The SMILES string of the molecule is C[C@H](CO)N1C[C@H](C)[C@@H](CN(C)C(=O)C2CCOCC2)Oc2ncc(C3CCCC3)cc2C1=O. The summed E-state index contributed by atoms with van der Waals surface area (Å²) in [6, 6.07) is 1.63. The maximum atomic E-state index is 13.6. The van der Waals surface area contributed by atoms with E-state index in [2.05, 4.69) is 4.98 Å². The topological polar surface area (TPSA) is 92.2 Å². The van der Waals surface area contributed by atoms with Crippen LogP contribution in [0.2, 0.25) is 0 Å². The number of fused-ring (bicyclic) bond motifs is 1. The molecule has 0 aromatic carbocycles. The Kier molecular flexibility index (Phi) is 8.09. The van der Waals surface area contributed by atoms with Crippen molar-refractivity contribution in [3.05, 3.63) is 23.4 Å². The third kappa shape index (κ3) is 5.38. The molecule has 2 aliphatic heterocycles. The Bertz CT molecular complexity index is 866. The van der Waals surface area contributed by atoms with E-state index >= 15 is 0 Å². The molecule has 2 amide bonds. The van der Waals surface area contributed by atoms with Crippen LogP contribution in [0, 0.1) is 11.8 Å². The number of amides is 2. The highest BCUT2D eigenvalue weighted by molar-refractivity contribution is 5.97. The Hall–Kier alpha value is -2.19. The smallest absolute Gasteiger partial charge is 0.259 e. The molecule has 0 unspecified atom stereocenters. The van der Waals surface area contributed by atoms with Crippen molar-refractivity contribution in [3.63, 3.8) is 0 Å². The van der Waals surface area contributed by atoms with Crippen LogP contribution >= 0.6 is 0 Å². The van der Waals surface area contributed by atoms with Gasteiger partial charge in [0.05, 0.1) is 19.2 Å². The monoisotopic (exact) mass is 473 g/mol. The van der Waals surface area contributed by atoms with Gasteiger partial charge in [-0.2, -0.15) is 0 Å². The minimum atomic E-state index is -0.321. The van der Waals surface area contributed by atoms with Crippen molar-refractivity contribution in [3.8, 4) is 5.88 Å². The van der Waals surface area contributed by atoms with Crippen molar-refractivity contribution in [2.24, 2.45) is 11.8 Å². The van der Waals surface area contributed by atoms with Crippen molar-refractivity contribution in [1.82, 2.24) is 14.8 Å². The second kappa shape index (κ2) is 11.0. The molecule has 3 heterocycles. The number of carbonyl (C=O) groups is 2. The normalized spacial score (nSPS) is 25.3. The number of hydrogen-bond donors (Lipinski definition) is 1. The fourth-order valence-electron chi connectivity index (χ4n) is 5.43. The van der Waals surface area contributed by atoms with E-state index in [1.54, 1.807) is 9.80 Å². The summed E-state index contributed by atoms with van der Waals surface area (Å²) in [4.78, 5) is 34.7. The Morgan fingerprint density at radius 1 is 1.26 bits per heavy atom. The first-order valence-corrected chi connectivity index (χ1v) is 12.8. The average Bonchev–Trinajstić information content (AvgIpc) is 3.40. The molecular formula is C26H39N3O5. The zero-order chi connectivity index (χ0) is 24.2. The summed E-state index contributed by atoms with van der Waals surface area (Å²) in [5.41, 5.74) is 1.54. The third-order valence-electron chi connectivity index (χ3n) is 7.77. The van der Waals surface area contributed by atoms with Gasteiger partial charge in [0.2, 0.25) is 11.8 Å². The molecule has 3 aliphatic rings. The Morgan fingerprint density at radius 2 is 1.97 bits per heavy atom. The molecule has 188 valence electrons. The number of nitrogens with zero attached hydrogens (tertiary/aromatic N) is 3. The molecule has 34 heavy (non-hydrogen) atoms. The van der Waals surface area contributed by atoms with Gasteiger partial charge in [0.15, 0.2) is 0 Å². The molecule has 1 N–H and O–H groups in total. The molecule has 1 aliphatic carbocycles. The lowest BCUT2D eigenvalue weighted by Gasteiger charge is -2.38. The number of carbonyl (C=O) groups excluding carboxylic acids is 2. The van der Waals surface area contributed by atoms with Gasteiger partial charge in [0.1, 0.15) is 11.7 Å².